The van der Waals surface area contributed by atoms with Crippen molar-refractivity contribution in [3.63, 3.8) is 0 Å². The fourth-order valence-corrected chi connectivity index (χ4v) is 2.16. The van der Waals surface area contributed by atoms with Gasteiger partial charge in [-0.25, -0.2) is 4.39 Å². The van der Waals surface area contributed by atoms with E-state index in [9.17, 15) is 9.18 Å². The molecule has 104 valence electrons. The quantitative estimate of drug-likeness (QED) is 0.901. The lowest BCUT2D eigenvalue weighted by atomic mass is 10.1. The number of nitrogens with two attached hydrogens (primary N) is 1. The standard InChI is InChI=1S/C14H11Cl2FN2O/c15-11-2-1-3-13(17)10(11)7-19-8-4-5-12(16)9(6-8)14(18)20/h1-6,19H,7H2,(H2,18,20). The molecule has 0 atom stereocenters. The van der Waals surface area contributed by atoms with Crippen molar-refractivity contribution in [1.82, 2.24) is 0 Å². The van der Waals surface area contributed by atoms with Crippen LogP contribution in [0.1, 0.15) is 15.9 Å². The van der Waals surface area contributed by atoms with Crippen molar-refractivity contribution >= 4 is 34.8 Å². The summed E-state index contributed by atoms with van der Waals surface area (Å²) in [4.78, 5) is 11.2. The molecule has 0 aliphatic rings. The second-order valence-electron chi connectivity index (χ2n) is 4.11. The summed E-state index contributed by atoms with van der Waals surface area (Å²) in [6.07, 6.45) is 0. The van der Waals surface area contributed by atoms with Crippen LogP contribution in [0.5, 0.6) is 0 Å². The fourth-order valence-electron chi connectivity index (χ4n) is 1.72. The molecule has 0 fully saturated rings. The van der Waals surface area contributed by atoms with Crippen LogP contribution in [-0.4, -0.2) is 5.91 Å². The summed E-state index contributed by atoms with van der Waals surface area (Å²) in [7, 11) is 0. The van der Waals surface area contributed by atoms with Crippen LogP contribution >= 0.6 is 23.2 Å². The van der Waals surface area contributed by atoms with E-state index in [4.69, 9.17) is 28.9 Å². The van der Waals surface area contributed by atoms with Crippen molar-refractivity contribution in [2.45, 2.75) is 6.54 Å². The summed E-state index contributed by atoms with van der Waals surface area (Å²) in [6, 6.07) is 9.21. The molecule has 6 heteroatoms. The molecule has 0 aliphatic heterocycles. The molecule has 0 aliphatic carbocycles. The summed E-state index contributed by atoms with van der Waals surface area (Å²) in [5.41, 5.74) is 6.36. The first-order valence-corrected chi connectivity index (χ1v) is 6.50. The first kappa shape index (κ1) is 14.6. The third-order valence-corrected chi connectivity index (χ3v) is 3.45. The van der Waals surface area contributed by atoms with Crippen molar-refractivity contribution in [2.75, 3.05) is 5.32 Å². The van der Waals surface area contributed by atoms with Gasteiger partial charge in [-0.2, -0.15) is 0 Å². The normalized spacial score (nSPS) is 10.3. The zero-order valence-corrected chi connectivity index (χ0v) is 11.8. The van der Waals surface area contributed by atoms with Gasteiger partial charge in [0.2, 0.25) is 5.91 Å². The van der Waals surface area contributed by atoms with Gasteiger partial charge in [0.05, 0.1) is 10.6 Å². The average Bonchev–Trinajstić information content (AvgIpc) is 2.39. The molecule has 0 radical (unpaired) electrons. The smallest absolute Gasteiger partial charge is 0.250 e. The van der Waals surface area contributed by atoms with Gasteiger partial charge >= 0.3 is 0 Å². The Labute approximate surface area is 125 Å². The third kappa shape index (κ3) is 3.21. The predicted molar refractivity (Wildman–Crippen MR) is 78.7 cm³/mol. The van der Waals surface area contributed by atoms with Gasteiger partial charge < -0.3 is 11.1 Å². The molecule has 20 heavy (non-hydrogen) atoms. The lowest BCUT2D eigenvalue weighted by Crippen LogP contribution is -2.12. The maximum Gasteiger partial charge on any atom is 0.250 e. The van der Waals surface area contributed by atoms with Crippen LogP contribution in [0.4, 0.5) is 10.1 Å². The first-order chi connectivity index (χ1) is 9.49. The molecular weight excluding hydrogens is 302 g/mol. The second-order valence-corrected chi connectivity index (χ2v) is 4.93. The maximum absolute atomic E-state index is 13.6. The second kappa shape index (κ2) is 6.11. The van der Waals surface area contributed by atoms with E-state index in [0.29, 0.717) is 16.3 Å². The molecule has 0 spiro atoms. The van der Waals surface area contributed by atoms with Crippen molar-refractivity contribution in [1.29, 1.82) is 0 Å². The summed E-state index contributed by atoms with van der Waals surface area (Å²) in [6.45, 7) is 0.186. The van der Waals surface area contributed by atoms with Crippen LogP contribution in [-0.2, 0) is 6.54 Å². The number of benzene rings is 2. The van der Waals surface area contributed by atoms with Crippen LogP contribution in [0, 0.1) is 5.82 Å². The van der Waals surface area contributed by atoms with Crippen molar-refractivity contribution < 1.29 is 9.18 Å². The van der Waals surface area contributed by atoms with E-state index in [0.717, 1.165) is 0 Å². The number of primary amides is 1. The van der Waals surface area contributed by atoms with Crippen LogP contribution in [0.2, 0.25) is 10.0 Å². The lowest BCUT2D eigenvalue weighted by Gasteiger charge is -2.10. The number of halogens is 3. The minimum atomic E-state index is -0.623. The topological polar surface area (TPSA) is 55.1 Å². The molecule has 2 rings (SSSR count). The van der Waals surface area contributed by atoms with E-state index >= 15 is 0 Å². The molecule has 3 N–H and O–H groups in total. The zero-order chi connectivity index (χ0) is 14.7. The molecule has 2 aromatic carbocycles. The van der Waals surface area contributed by atoms with E-state index in [2.05, 4.69) is 5.32 Å². The fraction of sp³-hybridized carbons (Fsp3) is 0.0714. The number of anilines is 1. The van der Waals surface area contributed by atoms with Gasteiger partial charge in [-0.15, -0.1) is 0 Å². The molecule has 2 aromatic rings. The highest BCUT2D eigenvalue weighted by molar-refractivity contribution is 6.34. The molecule has 0 heterocycles. The maximum atomic E-state index is 13.6. The molecule has 0 bridgehead atoms. The van der Waals surface area contributed by atoms with Gasteiger partial charge in [-0.1, -0.05) is 29.3 Å². The lowest BCUT2D eigenvalue weighted by molar-refractivity contribution is 0.100. The number of amides is 1. The van der Waals surface area contributed by atoms with Crippen molar-refractivity contribution in [3.8, 4) is 0 Å². The van der Waals surface area contributed by atoms with Gasteiger partial charge in [0.15, 0.2) is 0 Å². The zero-order valence-electron chi connectivity index (χ0n) is 10.3. The Morgan fingerprint density at radius 2 is 1.95 bits per heavy atom. The molecule has 0 aromatic heterocycles. The van der Waals surface area contributed by atoms with Crippen molar-refractivity contribution in [3.05, 3.63) is 63.4 Å². The predicted octanol–water partition coefficient (Wildman–Crippen LogP) is 3.84. The number of carbonyl (C=O) groups excluding carboxylic acids is 1. The molecule has 3 nitrogen and oxygen atoms in total. The van der Waals surface area contributed by atoms with Gasteiger partial charge in [0.25, 0.3) is 0 Å². The summed E-state index contributed by atoms with van der Waals surface area (Å²) in [5.74, 6) is -1.02. The SMILES string of the molecule is NC(=O)c1cc(NCc2c(F)cccc2Cl)ccc1Cl. The summed E-state index contributed by atoms with van der Waals surface area (Å²) < 4.78 is 13.6. The average molecular weight is 313 g/mol. The van der Waals surface area contributed by atoms with Gasteiger partial charge in [0, 0.05) is 22.8 Å². The Kier molecular flexibility index (Phi) is 4.47. The highest BCUT2D eigenvalue weighted by Crippen LogP contribution is 2.23. The Morgan fingerprint density at radius 1 is 1.20 bits per heavy atom. The molecule has 0 unspecified atom stereocenters. The van der Waals surface area contributed by atoms with E-state index < -0.39 is 11.7 Å². The van der Waals surface area contributed by atoms with Gasteiger partial charge in [-0.05, 0) is 30.3 Å². The van der Waals surface area contributed by atoms with E-state index in [1.807, 2.05) is 0 Å². The van der Waals surface area contributed by atoms with Gasteiger partial charge in [-0.3, -0.25) is 4.79 Å². The Balaban J connectivity index is 2.19. The number of carbonyl (C=O) groups is 1. The molecule has 0 saturated carbocycles. The van der Waals surface area contributed by atoms with E-state index in [-0.39, 0.29) is 17.1 Å². The van der Waals surface area contributed by atoms with E-state index in [1.165, 1.54) is 18.2 Å². The first-order valence-electron chi connectivity index (χ1n) is 5.75. The Morgan fingerprint density at radius 3 is 2.60 bits per heavy atom. The minimum Gasteiger partial charge on any atom is -0.381 e. The Hall–Kier alpha value is -1.78. The van der Waals surface area contributed by atoms with Crippen molar-refractivity contribution in [2.24, 2.45) is 5.73 Å². The number of hydrogen-bond acceptors (Lipinski definition) is 2. The summed E-state index contributed by atoms with van der Waals surface area (Å²) in [5, 5.41) is 3.58. The highest BCUT2D eigenvalue weighted by atomic mass is 35.5. The number of rotatable bonds is 4. The number of hydrogen-bond donors (Lipinski definition) is 2. The molecule has 1 amide bonds. The number of nitrogens with one attached hydrogen (secondary N) is 1. The molecule has 0 saturated heterocycles. The monoisotopic (exact) mass is 312 g/mol. The minimum absolute atomic E-state index is 0.186. The Bertz CT molecular complexity index is 641. The third-order valence-electron chi connectivity index (χ3n) is 2.76. The van der Waals surface area contributed by atoms with Gasteiger partial charge in [0.1, 0.15) is 5.82 Å². The van der Waals surface area contributed by atoms with Crippen LogP contribution < -0.4 is 11.1 Å². The highest BCUT2D eigenvalue weighted by Gasteiger charge is 2.09. The van der Waals surface area contributed by atoms with Crippen LogP contribution in [0.25, 0.3) is 0 Å². The molecular formula is C14H11Cl2FN2O. The van der Waals surface area contributed by atoms with Crippen LogP contribution in [0.15, 0.2) is 36.4 Å². The largest absolute Gasteiger partial charge is 0.381 e. The van der Waals surface area contributed by atoms with Crippen LogP contribution in [0.3, 0.4) is 0 Å². The van der Waals surface area contributed by atoms with E-state index in [1.54, 1.807) is 18.2 Å². The summed E-state index contributed by atoms with van der Waals surface area (Å²) >= 11 is 11.8.